The molecule has 33 heavy (non-hydrogen) atoms. The molecule has 2 heterocycles. The van der Waals surface area contributed by atoms with Gasteiger partial charge in [-0.25, -0.2) is 14.1 Å². The molecule has 0 aliphatic heterocycles. The van der Waals surface area contributed by atoms with Crippen LogP contribution >= 0.6 is 11.8 Å². The topological polar surface area (TPSA) is 81.3 Å². The van der Waals surface area contributed by atoms with Crippen LogP contribution < -0.4 is 10.9 Å². The molecule has 1 amide bonds. The number of nitrogens with zero attached hydrogens (tertiary/aromatic N) is 4. The molecule has 2 aromatic heterocycles. The monoisotopic (exact) mass is 459 g/mol. The minimum absolute atomic E-state index is 0.0448. The quantitative estimate of drug-likeness (QED) is 0.454. The lowest BCUT2D eigenvalue weighted by molar-refractivity contribution is -0.116. The number of aromatic nitrogens is 4. The van der Waals surface area contributed by atoms with Gasteiger partial charge in [-0.05, 0) is 36.8 Å². The summed E-state index contributed by atoms with van der Waals surface area (Å²) in [5.74, 6) is 0.145. The summed E-state index contributed by atoms with van der Waals surface area (Å²) in [5, 5.41) is 7.97. The minimum Gasteiger partial charge on any atom is -0.324 e. The minimum atomic E-state index is -0.322. The number of carbonyl (C=O) groups is 1. The Labute approximate surface area is 195 Å². The largest absolute Gasteiger partial charge is 0.324 e. The number of hydrogen-bond donors (Lipinski definition) is 1. The van der Waals surface area contributed by atoms with Crippen molar-refractivity contribution in [2.24, 2.45) is 0 Å². The number of carbonyl (C=O) groups excluding carboxylic acids is 1. The van der Waals surface area contributed by atoms with Gasteiger partial charge in [-0.2, -0.15) is 0 Å². The van der Waals surface area contributed by atoms with E-state index in [1.165, 1.54) is 22.0 Å². The number of anilines is 1. The molecule has 1 N–H and O–H groups in total. The number of rotatable bonds is 5. The standard InChI is InChI=1S/C25H25N5O2S/c1-4-25(2)14-16-10-8-9-13-18(16)21-20(25)22(32)30-23(27-21)29(28-24(30)33-3)15-19(31)26-17-11-6-5-7-12-17/h5-13H,4,14-15H2,1-3H3,(H,26,31). The highest BCUT2D eigenvalue weighted by molar-refractivity contribution is 7.98. The van der Waals surface area contributed by atoms with Crippen molar-refractivity contribution < 1.29 is 4.79 Å². The van der Waals surface area contributed by atoms with Crippen molar-refractivity contribution in [2.75, 3.05) is 11.6 Å². The second kappa shape index (κ2) is 8.19. The lowest BCUT2D eigenvalue weighted by Crippen LogP contribution is -2.38. The van der Waals surface area contributed by atoms with E-state index in [1.54, 1.807) is 4.40 Å². The molecule has 5 rings (SSSR count). The highest BCUT2D eigenvalue weighted by Crippen LogP contribution is 2.42. The van der Waals surface area contributed by atoms with Gasteiger partial charge in [0.15, 0.2) is 5.16 Å². The predicted molar refractivity (Wildman–Crippen MR) is 131 cm³/mol. The van der Waals surface area contributed by atoms with Gasteiger partial charge in [0, 0.05) is 16.7 Å². The van der Waals surface area contributed by atoms with E-state index in [9.17, 15) is 9.59 Å². The molecule has 168 valence electrons. The Kier molecular flexibility index (Phi) is 5.32. The molecular weight excluding hydrogens is 434 g/mol. The lowest BCUT2D eigenvalue weighted by atomic mass is 9.69. The van der Waals surface area contributed by atoms with Gasteiger partial charge in [0.1, 0.15) is 6.54 Å². The van der Waals surface area contributed by atoms with Gasteiger partial charge in [-0.15, -0.1) is 5.10 Å². The van der Waals surface area contributed by atoms with E-state index in [0.29, 0.717) is 22.3 Å². The Morgan fingerprint density at radius 3 is 2.61 bits per heavy atom. The van der Waals surface area contributed by atoms with Gasteiger partial charge in [-0.1, -0.05) is 68.1 Å². The Balaban J connectivity index is 1.68. The van der Waals surface area contributed by atoms with E-state index in [4.69, 9.17) is 4.98 Å². The van der Waals surface area contributed by atoms with Crippen molar-refractivity contribution in [1.82, 2.24) is 19.2 Å². The van der Waals surface area contributed by atoms with Crippen LogP contribution in [0.5, 0.6) is 0 Å². The van der Waals surface area contributed by atoms with Gasteiger partial charge in [0.25, 0.3) is 5.56 Å². The summed E-state index contributed by atoms with van der Waals surface area (Å²) < 4.78 is 3.08. The maximum Gasteiger partial charge on any atom is 0.265 e. The van der Waals surface area contributed by atoms with Crippen LogP contribution in [0.4, 0.5) is 5.69 Å². The first kappa shape index (κ1) is 21.5. The summed E-state index contributed by atoms with van der Waals surface area (Å²) in [7, 11) is 0. The Bertz CT molecular complexity index is 1430. The van der Waals surface area contributed by atoms with Gasteiger partial charge in [0.2, 0.25) is 11.7 Å². The maximum absolute atomic E-state index is 13.9. The zero-order valence-electron chi connectivity index (χ0n) is 18.8. The molecule has 1 aliphatic carbocycles. The average molecular weight is 460 g/mol. The van der Waals surface area contributed by atoms with Crippen LogP contribution in [0, 0.1) is 0 Å². The smallest absolute Gasteiger partial charge is 0.265 e. The van der Waals surface area contributed by atoms with Crippen LogP contribution in [0.3, 0.4) is 0 Å². The third-order valence-corrected chi connectivity index (χ3v) is 7.09. The zero-order valence-corrected chi connectivity index (χ0v) is 19.6. The lowest BCUT2D eigenvalue weighted by Gasteiger charge is -2.35. The van der Waals surface area contributed by atoms with Crippen LogP contribution in [0.1, 0.15) is 31.4 Å². The normalized spacial score (nSPS) is 16.9. The van der Waals surface area contributed by atoms with E-state index in [1.807, 2.05) is 54.8 Å². The molecule has 2 aromatic carbocycles. The molecule has 4 aromatic rings. The molecule has 0 saturated heterocycles. The first-order chi connectivity index (χ1) is 15.9. The van der Waals surface area contributed by atoms with E-state index < -0.39 is 0 Å². The van der Waals surface area contributed by atoms with Crippen LogP contribution in [-0.4, -0.2) is 31.3 Å². The molecule has 7 nitrogen and oxygen atoms in total. The summed E-state index contributed by atoms with van der Waals surface area (Å²) in [6.45, 7) is 4.20. The number of amides is 1. The SMILES string of the molecule is CCC1(C)Cc2ccccc2-c2nc3n(CC(=O)Nc4ccccc4)nc(SC)n3c(=O)c21. The number of benzene rings is 2. The molecule has 0 saturated carbocycles. The van der Waals surface area contributed by atoms with E-state index in [-0.39, 0.29) is 23.4 Å². The van der Waals surface area contributed by atoms with Crippen LogP contribution in [-0.2, 0) is 23.2 Å². The van der Waals surface area contributed by atoms with Crippen molar-refractivity contribution in [1.29, 1.82) is 0 Å². The number of para-hydroxylation sites is 1. The fourth-order valence-electron chi connectivity index (χ4n) is 4.60. The second-order valence-electron chi connectivity index (χ2n) is 8.58. The Hall–Kier alpha value is -3.39. The maximum atomic E-state index is 13.9. The van der Waals surface area contributed by atoms with Crippen LogP contribution in [0.15, 0.2) is 64.5 Å². The number of thioether (sulfide) groups is 1. The molecule has 0 fully saturated rings. The summed E-state index contributed by atoms with van der Waals surface area (Å²) >= 11 is 1.37. The third kappa shape index (κ3) is 3.54. The van der Waals surface area contributed by atoms with Crippen LogP contribution in [0.2, 0.25) is 0 Å². The number of nitrogens with one attached hydrogen (secondary N) is 1. The molecule has 0 radical (unpaired) electrons. The number of hydrogen-bond acceptors (Lipinski definition) is 5. The van der Waals surface area contributed by atoms with E-state index in [0.717, 1.165) is 24.0 Å². The Morgan fingerprint density at radius 1 is 1.15 bits per heavy atom. The summed E-state index contributed by atoms with van der Waals surface area (Å²) in [6.07, 6.45) is 3.48. The Morgan fingerprint density at radius 2 is 1.88 bits per heavy atom. The van der Waals surface area contributed by atoms with Gasteiger partial charge in [0.05, 0.1) is 11.3 Å². The summed E-state index contributed by atoms with van der Waals surface area (Å²) in [6, 6.07) is 17.4. The fraction of sp³-hybridized carbons (Fsp3) is 0.280. The molecule has 0 spiro atoms. The van der Waals surface area contributed by atoms with Gasteiger partial charge < -0.3 is 5.32 Å². The van der Waals surface area contributed by atoms with Crippen molar-refractivity contribution in [3.8, 4) is 11.3 Å². The molecule has 1 atom stereocenters. The molecular formula is C25H25N5O2S. The first-order valence-corrected chi connectivity index (χ1v) is 12.2. The summed E-state index contributed by atoms with van der Waals surface area (Å²) in [4.78, 5) is 31.6. The predicted octanol–water partition coefficient (Wildman–Crippen LogP) is 4.14. The summed E-state index contributed by atoms with van der Waals surface area (Å²) in [5.41, 5.74) is 3.87. The van der Waals surface area contributed by atoms with Crippen molar-refractivity contribution in [3.05, 3.63) is 76.1 Å². The van der Waals surface area contributed by atoms with Crippen molar-refractivity contribution in [2.45, 2.75) is 43.8 Å². The molecule has 0 bridgehead atoms. The average Bonchev–Trinajstić information content (AvgIpc) is 3.17. The second-order valence-corrected chi connectivity index (χ2v) is 9.36. The van der Waals surface area contributed by atoms with E-state index >= 15 is 0 Å². The zero-order chi connectivity index (χ0) is 23.2. The third-order valence-electron chi connectivity index (χ3n) is 6.46. The van der Waals surface area contributed by atoms with Crippen molar-refractivity contribution >= 4 is 29.1 Å². The van der Waals surface area contributed by atoms with Gasteiger partial charge in [-0.3, -0.25) is 9.59 Å². The van der Waals surface area contributed by atoms with Gasteiger partial charge >= 0.3 is 0 Å². The highest BCUT2D eigenvalue weighted by Gasteiger charge is 2.38. The number of fused-ring (bicyclic) bond motifs is 4. The molecule has 1 aliphatic rings. The first-order valence-electron chi connectivity index (χ1n) is 11.0. The molecule has 1 unspecified atom stereocenters. The fourth-order valence-corrected chi connectivity index (χ4v) is 5.13. The molecule has 8 heteroatoms. The van der Waals surface area contributed by atoms with E-state index in [2.05, 4.69) is 30.3 Å². The van der Waals surface area contributed by atoms with Crippen LogP contribution in [0.25, 0.3) is 17.0 Å². The van der Waals surface area contributed by atoms with Crippen molar-refractivity contribution in [3.63, 3.8) is 0 Å². The highest BCUT2D eigenvalue weighted by atomic mass is 32.2.